The Hall–Kier alpha value is -2.07. The van der Waals surface area contributed by atoms with Crippen LogP contribution in [0.25, 0.3) is 11.3 Å². The summed E-state index contributed by atoms with van der Waals surface area (Å²) in [4.78, 5) is 12.5. The van der Waals surface area contributed by atoms with E-state index in [0.717, 1.165) is 23.4 Å². The molecule has 0 saturated carbocycles. The summed E-state index contributed by atoms with van der Waals surface area (Å²) >= 11 is 0. The standard InChI is InChI=1S/C18H24N2O2/c1-4-11-22-16-8-5-14(6-9-16)17-10-7-15(12-19)18(21)20(17)13(2)3/h5-10,13H,4,11-12,19H2,1-3H3. The van der Waals surface area contributed by atoms with E-state index in [1.54, 1.807) is 4.57 Å². The Bertz CT molecular complexity index is 672. The van der Waals surface area contributed by atoms with Crippen LogP contribution in [-0.4, -0.2) is 11.2 Å². The van der Waals surface area contributed by atoms with Crippen LogP contribution in [0.2, 0.25) is 0 Å². The van der Waals surface area contributed by atoms with E-state index < -0.39 is 0 Å². The van der Waals surface area contributed by atoms with Crippen molar-refractivity contribution in [3.8, 4) is 17.0 Å². The predicted octanol–water partition coefficient (Wildman–Crippen LogP) is 3.34. The van der Waals surface area contributed by atoms with Crippen molar-refractivity contribution in [1.82, 2.24) is 4.57 Å². The highest BCUT2D eigenvalue weighted by Gasteiger charge is 2.12. The first kappa shape index (κ1) is 16.3. The molecule has 0 radical (unpaired) electrons. The molecule has 0 aliphatic carbocycles. The van der Waals surface area contributed by atoms with Crippen LogP contribution in [0.3, 0.4) is 0 Å². The molecular weight excluding hydrogens is 276 g/mol. The molecular formula is C18H24N2O2. The summed E-state index contributed by atoms with van der Waals surface area (Å²) in [5.74, 6) is 0.850. The van der Waals surface area contributed by atoms with E-state index in [-0.39, 0.29) is 18.1 Å². The van der Waals surface area contributed by atoms with Crippen molar-refractivity contribution >= 4 is 0 Å². The number of hydrogen-bond donors (Lipinski definition) is 1. The molecule has 0 fully saturated rings. The van der Waals surface area contributed by atoms with Crippen molar-refractivity contribution in [2.45, 2.75) is 39.8 Å². The van der Waals surface area contributed by atoms with E-state index in [0.29, 0.717) is 12.2 Å². The minimum absolute atomic E-state index is 0.0127. The minimum atomic E-state index is -0.0127. The van der Waals surface area contributed by atoms with Crippen LogP contribution in [0.4, 0.5) is 0 Å². The topological polar surface area (TPSA) is 57.2 Å². The van der Waals surface area contributed by atoms with Gasteiger partial charge in [0.05, 0.1) is 12.3 Å². The zero-order valence-electron chi connectivity index (χ0n) is 13.5. The van der Waals surface area contributed by atoms with Crippen LogP contribution < -0.4 is 16.0 Å². The van der Waals surface area contributed by atoms with Crippen LogP contribution >= 0.6 is 0 Å². The largest absolute Gasteiger partial charge is 0.494 e. The summed E-state index contributed by atoms with van der Waals surface area (Å²) in [7, 11) is 0. The highest BCUT2D eigenvalue weighted by atomic mass is 16.5. The van der Waals surface area contributed by atoms with Crippen molar-refractivity contribution in [1.29, 1.82) is 0 Å². The second-order valence-corrected chi connectivity index (χ2v) is 5.59. The molecule has 0 bridgehead atoms. The molecule has 1 aromatic carbocycles. The third kappa shape index (κ3) is 3.39. The van der Waals surface area contributed by atoms with Gasteiger partial charge in [-0.05, 0) is 56.2 Å². The number of aromatic nitrogens is 1. The maximum Gasteiger partial charge on any atom is 0.255 e. The SMILES string of the molecule is CCCOc1ccc(-c2ccc(CN)c(=O)n2C(C)C)cc1. The molecule has 118 valence electrons. The van der Waals surface area contributed by atoms with Gasteiger partial charge in [0.1, 0.15) is 5.75 Å². The van der Waals surface area contributed by atoms with Gasteiger partial charge in [-0.25, -0.2) is 0 Å². The fraction of sp³-hybridized carbons (Fsp3) is 0.389. The van der Waals surface area contributed by atoms with Gasteiger partial charge in [0.25, 0.3) is 5.56 Å². The van der Waals surface area contributed by atoms with Crippen molar-refractivity contribution in [2.75, 3.05) is 6.61 Å². The first-order chi connectivity index (χ1) is 10.6. The summed E-state index contributed by atoms with van der Waals surface area (Å²) in [6.45, 7) is 7.05. The second-order valence-electron chi connectivity index (χ2n) is 5.59. The fourth-order valence-electron chi connectivity index (χ4n) is 2.44. The third-order valence-electron chi connectivity index (χ3n) is 3.55. The Morgan fingerprint density at radius 2 is 1.82 bits per heavy atom. The van der Waals surface area contributed by atoms with Crippen molar-refractivity contribution in [3.63, 3.8) is 0 Å². The number of nitrogens with zero attached hydrogens (tertiary/aromatic N) is 1. The highest BCUT2D eigenvalue weighted by molar-refractivity contribution is 5.61. The van der Waals surface area contributed by atoms with Crippen LogP contribution in [0.15, 0.2) is 41.2 Å². The molecule has 0 atom stereocenters. The van der Waals surface area contributed by atoms with E-state index in [4.69, 9.17) is 10.5 Å². The third-order valence-corrected chi connectivity index (χ3v) is 3.55. The van der Waals surface area contributed by atoms with E-state index in [1.807, 2.05) is 50.2 Å². The van der Waals surface area contributed by atoms with Crippen LogP contribution in [0, 0.1) is 0 Å². The smallest absolute Gasteiger partial charge is 0.255 e. The molecule has 0 aliphatic rings. The lowest BCUT2D eigenvalue weighted by Crippen LogP contribution is -2.27. The molecule has 2 aromatic rings. The van der Waals surface area contributed by atoms with Gasteiger partial charge in [0, 0.05) is 18.2 Å². The Kier molecular flexibility index (Phi) is 5.39. The highest BCUT2D eigenvalue weighted by Crippen LogP contribution is 2.24. The summed E-state index contributed by atoms with van der Waals surface area (Å²) in [5.41, 5.74) is 8.17. The summed E-state index contributed by atoms with van der Waals surface area (Å²) < 4.78 is 7.39. The maximum absolute atomic E-state index is 12.5. The minimum Gasteiger partial charge on any atom is -0.494 e. The van der Waals surface area contributed by atoms with Gasteiger partial charge >= 0.3 is 0 Å². The van der Waals surface area contributed by atoms with Crippen LogP contribution in [0.1, 0.15) is 38.8 Å². The molecule has 2 rings (SSSR count). The Morgan fingerprint density at radius 1 is 1.14 bits per heavy atom. The average molecular weight is 300 g/mol. The lowest BCUT2D eigenvalue weighted by molar-refractivity contribution is 0.317. The molecule has 22 heavy (non-hydrogen) atoms. The van der Waals surface area contributed by atoms with Crippen molar-refractivity contribution in [2.24, 2.45) is 5.73 Å². The zero-order valence-corrected chi connectivity index (χ0v) is 13.5. The fourth-order valence-corrected chi connectivity index (χ4v) is 2.44. The van der Waals surface area contributed by atoms with Crippen molar-refractivity contribution in [3.05, 3.63) is 52.3 Å². The number of hydrogen-bond acceptors (Lipinski definition) is 3. The summed E-state index contributed by atoms with van der Waals surface area (Å²) in [5, 5.41) is 0. The van der Waals surface area contributed by atoms with Gasteiger partial charge in [-0.3, -0.25) is 4.79 Å². The van der Waals surface area contributed by atoms with Gasteiger partial charge < -0.3 is 15.0 Å². The predicted molar refractivity (Wildman–Crippen MR) is 90.2 cm³/mol. The van der Waals surface area contributed by atoms with Gasteiger partial charge in [0.2, 0.25) is 0 Å². The molecule has 0 saturated heterocycles. The molecule has 0 unspecified atom stereocenters. The lowest BCUT2D eigenvalue weighted by Gasteiger charge is -2.18. The van der Waals surface area contributed by atoms with E-state index in [9.17, 15) is 4.79 Å². The zero-order chi connectivity index (χ0) is 16.1. The average Bonchev–Trinajstić information content (AvgIpc) is 2.52. The van der Waals surface area contributed by atoms with E-state index >= 15 is 0 Å². The lowest BCUT2D eigenvalue weighted by atomic mass is 10.1. The van der Waals surface area contributed by atoms with Crippen LogP contribution in [-0.2, 0) is 6.54 Å². The maximum atomic E-state index is 12.5. The summed E-state index contributed by atoms with van der Waals surface area (Å²) in [6.07, 6.45) is 0.981. The van der Waals surface area contributed by atoms with E-state index in [1.165, 1.54) is 0 Å². The monoisotopic (exact) mass is 300 g/mol. The first-order valence-corrected chi connectivity index (χ1v) is 7.76. The van der Waals surface area contributed by atoms with Gasteiger partial charge in [-0.1, -0.05) is 13.0 Å². The number of nitrogens with two attached hydrogens (primary N) is 1. The van der Waals surface area contributed by atoms with Gasteiger partial charge in [-0.2, -0.15) is 0 Å². The normalized spacial score (nSPS) is 11.0. The number of rotatable bonds is 6. The molecule has 0 aliphatic heterocycles. The second kappa shape index (κ2) is 7.27. The molecule has 1 aromatic heterocycles. The molecule has 2 N–H and O–H groups in total. The Morgan fingerprint density at radius 3 is 2.36 bits per heavy atom. The number of pyridine rings is 1. The first-order valence-electron chi connectivity index (χ1n) is 7.76. The van der Waals surface area contributed by atoms with Crippen LogP contribution in [0.5, 0.6) is 5.75 Å². The number of benzene rings is 1. The molecule has 0 spiro atoms. The van der Waals surface area contributed by atoms with Gasteiger partial charge in [0.15, 0.2) is 0 Å². The molecule has 1 heterocycles. The molecule has 0 amide bonds. The van der Waals surface area contributed by atoms with Gasteiger partial charge in [-0.15, -0.1) is 0 Å². The number of ether oxygens (including phenoxy) is 1. The quantitative estimate of drug-likeness (QED) is 0.890. The molecule has 4 nitrogen and oxygen atoms in total. The Labute approximate surface area is 131 Å². The van der Waals surface area contributed by atoms with Crippen molar-refractivity contribution < 1.29 is 4.74 Å². The Balaban J connectivity index is 2.44. The van der Waals surface area contributed by atoms with E-state index in [2.05, 4.69) is 6.92 Å². The summed E-state index contributed by atoms with van der Waals surface area (Å²) in [6, 6.07) is 11.7. The molecule has 4 heteroatoms.